The van der Waals surface area contributed by atoms with E-state index in [1.807, 2.05) is 18.4 Å². The molecule has 1 aliphatic rings. The summed E-state index contributed by atoms with van der Waals surface area (Å²) in [4.78, 5) is 12.2. The molecule has 0 saturated heterocycles. The highest BCUT2D eigenvalue weighted by Crippen LogP contribution is 2.42. The molecule has 0 aliphatic carbocycles. The van der Waals surface area contributed by atoms with Gasteiger partial charge in [0.25, 0.3) is 0 Å². The van der Waals surface area contributed by atoms with Crippen molar-refractivity contribution in [2.45, 2.75) is 17.2 Å². The Balaban J connectivity index is 1.97. The normalized spacial score (nSPS) is 16.2. The zero-order valence-corrected chi connectivity index (χ0v) is 15.3. The van der Waals surface area contributed by atoms with Crippen molar-refractivity contribution in [2.24, 2.45) is 0 Å². The van der Waals surface area contributed by atoms with Gasteiger partial charge in [-0.25, -0.2) is 4.79 Å². The van der Waals surface area contributed by atoms with E-state index in [1.54, 1.807) is 23.9 Å². The number of aliphatic carboxylic acids is 1. The van der Waals surface area contributed by atoms with Crippen molar-refractivity contribution in [3.63, 3.8) is 0 Å². The van der Waals surface area contributed by atoms with Crippen LogP contribution in [0.2, 0.25) is 5.02 Å². The number of carbonyl (C=O) groups is 1. The fourth-order valence-corrected chi connectivity index (χ4v) is 3.08. The summed E-state index contributed by atoms with van der Waals surface area (Å²) in [5, 5.41) is 9.16. The molecule has 142 valence electrons. The monoisotopic (exact) mass is 416 g/mol. The molecule has 0 unspecified atom stereocenters. The largest absolute Gasteiger partial charge is 0.478 e. The summed E-state index contributed by atoms with van der Waals surface area (Å²) >= 11 is 7.69. The van der Waals surface area contributed by atoms with Gasteiger partial charge in [-0.1, -0.05) is 11.6 Å². The average Bonchev–Trinajstić information content (AvgIpc) is 2.61. The predicted molar refractivity (Wildman–Crippen MR) is 95.8 cm³/mol. The number of hydrogen-bond acceptors (Lipinski definition) is 4. The molecule has 2 aromatic carbocycles. The Morgan fingerprint density at radius 1 is 1.26 bits per heavy atom. The minimum absolute atomic E-state index is 0.0976. The van der Waals surface area contributed by atoms with Crippen LogP contribution in [0.4, 0.5) is 13.2 Å². The molecule has 3 rings (SSSR count). The van der Waals surface area contributed by atoms with Crippen LogP contribution in [0.15, 0.2) is 46.9 Å². The molecule has 1 aliphatic heterocycles. The van der Waals surface area contributed by atoms with E-state index < -0.39 is 23.8 Å². The number of thioether (sulfide) groups is 1. The molecule has 0 aromatic heterocycles. The van der Waals surface area contributed by atoms with Gasteiger partial charge in [0.15, 0.2) is 0 Å². The van der Waals surface area contributed by atoms with Gasteiger partial charge < -0.3 is 14.6 Å². The Morgan fingerprint density at radius 2 is 1.93 bits per heavy atom. The lowest BCUT2D eigenvalue weighted by Gasteiger charge is -2.27. The summed E-state index contributed by atoms with van der Waals surface area (Å²) in [7, 11) is 0. The van der Waals surface area contributed by atoms with Crippen molar-refractivity contribution < 1.29 is 32.5 Å². The highest BCUT2D eigenvalue weighted by Gasteiger charge is 2.48. The van der Waals surface area contributed by atoms with Gasteiger partial charge in [0.1, 0.15) is 17.2 Å². The van der Waals surface area contributed by atoms with Gasteiger partial charge in [0.2, 0.25) is 6.10 Å². The van der Waals surface area contributed by atoms with Crippen LogP contribution in [0.25, 0.3) is 6.08 Å². The van der Waals surface area contributed by atoms with Crippen molar-refractivity contribution in [3.8, 4) is 17.2 Å². The zero-order valence-electron chi connectivity index (χ0n) is 13.7. The van der Waals surface area contributed by atoms with Crippen LogP contribution in [0.3, 0.4) is 0 Å². The van der Waals surface area contributed by atoms with Gasteiger partial charge in [-0.05, 0) is 42.7 Å². The SMILES string of the molecule is CSc1ccc(Oc2cc3c(cc2Cl)C=C(C(=O)O)[C@H](C(F)(F)F)O3)cc1. The number of halogens is 4. The molecule has 1 atom stereocenters. The second-order valence-corrected chi connectivity index (χ2v) is 6.83. The van der Waals surface area contributed by atoms with Crippen LogP contribution in [0, 0.1) is 0 Å². The maximum atomic E-state index is 13.2. The third-order valence-corrected chi connectivity index (χ3v) is 4.77. The second kappa shape index (κ2) is 7.36. The van der Waals surface area contributed by atoms with Crippen LogP contribution >= 0.6 is 23.4 Å². The van der Waals surface area contributed by atoms with E-state index in [1.165, 1.54) is 12.1 Å². The van der Waals surface area contributed by atoms with Gasteiger partial charge in [0, 0.05) is 16.5 Å². The molecule has 1 heterocycles. The van der Waals surface area contributed by atoms with E-state index in [4.69, 9.17) is 26.2 Å². The van der Waals surface area contributed by atoms with E-state index in [0.717, 1.165) is 11.0 Å². The van der Waals surface area contributed by atoms with Crippen LogP contribution in [0.5, 0.6) is 17.2 Å². The number of hydrogen-bond donors (Lipinski definition) is 1. The first-order valence-corrected chi connectivity index (χ1v) is 9.13. The Bertz CT molecular complexity index is 910. The van der Waals surface area contributed by atoms with E-state index in [-0.39, 0.29) is 22.1 Å². The molecule has 0 bridgehead atoms. The molecular formula is C18H12ClF3O4S. The van der Waals surface area contributed by atoms with E-state index >= 15 is 0 Å². The highest BCUT2D eigenvalue weighted by atomic mass is 35.5. The van der Waals surface area contributed by atoms with Gasteiger partial charge in [-0.2, -0.15) is 13.2 Å². The lowest BCUT2D eigenvalue weighted by atomic mass is 10.0. The molecule has 4 nitrogen and oxygen atoms in total. The first-order chi connectivity index (χ1) is 12.7. The molecule has 9 heteroatoms. The summed E-state index contributed by atoms with van der Waals surface area (Å²) in [5.74, 6) is -1.34. The van der Waals surface area contributed by atoms with Crippen LogP contribution in [-0.2, 0) is 4.79 Å². The summed E-state index contributed by atoms with van der Waals surface area (Å²) in [6, 6.07) is 9.56. The lowest BCUT2D eigenvalue weighted by molar-refractivity contribution is -0.187. The zero-order chi connectivity index (χ0) is 19.8. The first-order valence-electron chi connectivity index (χ1n) is 7.52. The molecular weight excluding hydrogens is 405 g/mol. The van der Waals surface area contributed by atoms with E-state index in [2.05, 4.69) is 0 Å². The quantitative estimate of drug-likeness (QED) is 0.653. The van der Waals surface area contributed by atoms with Crippen molar-refractivity contribution in [2.75, 3.05) is 6.26 Å². The topological polar surface area (TPSA) is 55.8 Å². The molecule has 0 spiro atoms. The molecule has 0 saturated carbocycles. The fourth-order valence-electron chi connectivity index (χ4n) is 2.46. The summed E-state index contributed by atoms with van der Waals surface area (Å²) in [6.45, 7) is 0. The summed E-state index contributed by atoms with van der Waals surface area (Å²) in [5.41, 5.74) is -0.782. The minimum Gasteiger partial charge on any atom is -0.478 e. The Labute approximate surface area is 161 Å². The van der Waals surface area contributed by atoms with Crippen molar-refractivity contribution in [1.29, 1.82) is 0 Å². The van der Waals surface area contributed by atoms with Crippen LogP contribution in [0.1, 0.15) is 5.56 Å². The number of carboxylic acids is 1. The number of benzene rings is 2. The van der Waals surface area contributed by atoms with Crippen LogP contribution in [-0.4, -0.2) is 29.6 Å². The van der Waals surface area contributed by atoms with Gasteiger partial charge in [-0.15, -0.1) is 11.8 Å². The van der Waals surface area contributed by atoms with Gasteiger partial charge >= 0.3 is 12.1 Å². The first kappa shape index (κ1) is 19.4. The number of rotatable bonds is 4. The third-order valence-electron chi connectivity index (χ3n) is 3.73. The Kier molecular flexibility index (Phi) is 5.30. The maximum absolute atomic E-state index is 13.2. The highest BCUT2D eigenvalue weighted by molar-refractivity contribution is 7.98. The Hall–Kier alpha value is -2.32. The smallest absolute Gasteiger partial charge is 0.430 e. The molecule has 0 fully saturated rings. The van der Waals surface area contributed by atoms with Gasteiger partial charge in [0.05, 0.1) is 10.6 Å². The average molecular weight is 417 g/mol. The lowest BCUT2D eigenvalue weighted by Crippen LogP contribution is -2.40. The van der Waals surface area contributed by atoms with Crippen molar-refractivity contribution in [3.05, 3.63) is 52.6 Å². The van der Waals surface area contributed by atoms with Crippen LogP contribution < -0.4 is 9.47 Å². The standard InChI is InChI=1S/C18H12ClF3O4S/c1-27-11-4-2-10(3-5-11)25-15-8-14-9(7-13(15)19)6-12(17(23)24)16(26-14)18(20,21)22/h2-8,16H,1H3,(H,23,24)/t16-/m1/s1. The Morgan fingerprint density at radius 3 is 2.48 bits per heavy atom. The maximum Gasteiger partial charge on any atom is 0.430 e. The van der Waals surface area contributed by atoms with Crippen molar-refractivity contribution in [1.82, 2.24) is 0 Å². The number of fused-ring (bicyclic) bond motifs is 1. The number of alkyl halides is 3. The molecule has 0 amide bonds. The molecule has 1 N–H and O–H groups in total. The third kappa shape index (κ3) is 4.17. The molecule has 0 radical (unpaired) electrons. The number of carboxylic acid groups (broad SMARTS) is 1. The molecule has 2 aromatic rings. The number of ether oxygens (including phenoxy) is 2. The van der Waals surface area contributed by atoms with E-state index in [9.17, 15) is 18.0 Å². The van der Waals surface area contributed by atoms with E-state index in [0.29, 0.717) is 5.75 Å². The predicted octanol–water partition coefficient (Wildman–Crippen LogP) is 5.65. The van der Waals surface area contributed by atoms with Gasteiger partial charge in [-0.3, -0.25) is 0 Å². The fraction of sp³-hybridized carbons (Fsp3) is 0.167. The second-order valence-electron chi connectivity index (χ2n) is 5.54. The minimum atomic E-state index is -4.88. The molecule has 27 heavy (non-hydrogen) atoms. The van der Waals surface area contributed by atoms with Crippen molar-refractivity contribution >= 4 is 35.4 Å². The summed E-state index contributed by atoms with van der Waals surface area (Å²) < 4.78 is 50.0. The summed E-state index contributed by atoms with van der Waals surface area (Å²) in [6.07, 6.45) is -4.63.